The number of hydrogen-bond acceptors (Lipinski definition) is 5. The molecule has 8 heteroatoms. The molecule has 3 aromatic heterocycles. The number of fused-ring (bicyclic) bond motifs is 2. The molecule has 1 saturated carbocycles. The molecule has 1 aromatic carbocycles. The number of rotatable bonds is 3. The molecule has 2 N–H and O–H groups in total. The van der Waals surface area contributed by atoms with Crippen LogP contribution in [0.3, 0.4) is 0 Å². The maximum absolute atomic E-state index is 13.7. The van der Waals surface area contributed by atoms with Crippen LogP contribution in [0.4, 0.5) is 5.82 Å². The lowest BCUT2D eigenvalue weighted by molar-refractivity contribution is 0.338. The smallest absolute Gasteiger partial charge is 0.259 e. The average molecular weight is 514 g/mol. The van der Waals surface area contributed by atoms with Gasteiger partial charge in [-0.2, -0.15) is 5.10 Å². The van der Waals surface area contributed by atoms with Crippen molar-refractivity contribution in [2.45, 2.75) is 51.6 Å². The van der Waals surface area contributed by atoms with Crippen LogP contribution in [0.25, 0.3) is 21.8 Å². The number of nitrogens with zero attached hydrogens (tertiary/aromatic N) is 5. The fourth-order valence-electron chi connectivity index (χ4n) is 4.71. The fourth-order valence-corrected chi connectivity index (χ4v) is 5.49. The summed E-state index contributed by atoms with van der Waals surface area (Å²) < 4.78 is 4.63. The summed E-state index contributed by atoms with van der Waals surface area (Å²) in [4.78, 5) is 22.2. The maximum atomic E-state index is 13.7. The Morgan fingerprint density at radius 3 is 2.77 bits per heavy atom. The Morgan fingerprint density at radius 2 is 1.97 bits per heavy atom. The van der Waals surface area contributed by atoms with Crippen LogP contribution in [0.5, 0.6) is 0 Å². The maximum Gasteiger partial charge on any atom is 0.259 e. The normalized spacial score (nSPS) is 15.3. The first kappa shape index (κ1) is 19.5. The summed E-state index contributed by atoms with van der Waals surface area (Å²) in [5, 5.41) is 7.22. The largest absolute Gasteiger partial charge is 0.383 e. The number of aromatic nitrogens is 5. The molecule has 1 fully saturated rings. The second-order valence-electron chi connectivity index (χ2n) is 8.05. The lowest BCUT2D eigenvalue weighted by Gasteiger charge is -2.27. The van der Waals surface area contributed by atoms with Crippen molar-refractivity contribution >= 4 is 50.2 Å². The molecule has 0 atom stereocenters. The number of nitrogen functional groups attached to an aromatic ring is 1. The van der Waals surface area contributed by atoms with Crippen LogP contribution < -0.4 is 11.3 Å². The van der Waals surface area contributed by atoms with Gasteiger partial charge in [-0.25, -0.2) is 14.6 Å². The Labute approximate surface area is 187 Å². The van der Waals surface area contributed by atoms with E-state index in [-0.39, 0.29) is 11.6 Å². The third-order valence-corrected chi connectivity index (χ3v) is 6.89. The molecule has 0 spiro atoms. The molecule has 154 valence electrons. The number of hydrogen-bond donors (Lipinski definition) is 1. The van der Waals surface area contributed by atoms with Crippen molar-refractivity contribution in [2.75, 3.05) is 5.73 Å². The molecule has 0 amide bonds. The third-order valence-electron chi connectivity index (χ3n) is 6.14. The summed E-state index contributed by atoms with van der Waals surface area (Å²) in [5.41, 5.74) is 8.84. The third kappa shape index (κ3) is 3.17. The molecule has 1 aliphatic rings. The highest BCUT2D eigenvalue weighted by Crippen LogP contribution is 2.30. The first-order valence-corrected chi connectivity index (χ1v) is 11.4. The fraction of sp³-hybridized carbons (Fsp3) is 0.364. The van der Waals surface area contributed by atoms with Gasteiger partial charge in [0.2, 0.25) is 0 Å². The molecule has 30 heavy (non-hydrogen) atoms. The van der Waals surface area contributed by atoms with Crippen LogP contribution in [-0.2, 0) is 6.54 Å². The van der Waals surface area contributed by atoms with E-state index in [1.54, 1.807) is 0 Å². The van der Waals surface area contributed by atoms with Gasteiger partial charge in [0.25, 0.3) is 5.56 Å². The van der Waals surface area contributed by atoms with Gasteiger partial charge in [-0.05, 0) is 59.4 Å². The summed E-state index contributed by atoms with van der Waals surface area (Å²) >= 11 is 2.16. The Bertz CT molecular complexity index is 1320. The molecular weight excluding hydrogens is 491 g/mol. The Hall–Kier alpha value is -2.49. The first-order chi connectivity index (χ1) is 14.5. The van der Waals surface area contributed by atoms with Crippen LogP contribution >= 0.6 is 22.6 Å². The van der Waals surface area contributed by atoms with Crippen LogP contribution in [0.1, 0.15) is 49.4 Å². The topological polar surface area (TPSA) is 91.6 Å². The van der Waals surface area contributed by atoms with Gasteiger partial charge in [0.1, 0.15) is 15.8 Å². The number of pyridine rings is 1. The monoisotopic (exact) mass is 514 g/mol. The molecule has 4 aromatic rings. The average Bonchev–Trinajstić information content (AvgIpc) is 3.05. The number of halogens is 1. The lowest BCUT2D eigenvalue weighted by atomic mass is 9.94. The zero-order valence-electron chi connectivity index (χ0n) is 16.8. The van der Waals surface area contributed by atoms with Crippen LogP contribution in [-0.4, -0.2) is 24.3 Å². The molecule has 0 bridgehead atoms. The minimum atomic E-state index is 0.104. The quantitative estimate of drug-likeness (QED) is 0.414. The molecular formula is C22H23IN6O. The number of aryl methyl sites for hydroxylation is 1. The van der Waals surface area contributed by atoms with Crippen LogP contribution in [0.15, 0.2) is 35.4 Å². The molecule has 3 heterocycles. The highest BCUT2D eigenvalue weighted by molar-refractivity contribution is 14.1. The van der Waals surface area contributed by atoms with Gasteiger partial charge in [0, 0.05) is 11.7 Å². The first-order valence-electron chi connectivity index (χ1n) is 10.3. The summed E-state index contributed by atoms with van der Waals surface area (Å²) in [6, 6.07) is 8.40. The van der Waals surface area contributed by atoms with Crippen molar-refractivity contribution in [1.82, 2.24) is 24.3 Å². The van der Waals surface area contributed by atoms with Crippen molar-refractivity contribution in [3.63, 3.8) is 0 Å². The van der Waals surface area contributed by atoms with E-state index in [0.29, 0.717) is 18.0 Å². The van der Waals surface area contributed by atoms with Gasteiger partial charge in [-0.1, -0.05) is 37.5 Å². The predicted octanol–water partition coefficient (Wildman–Crippen LogP) is 4.19. The van der Waals surface area contributed by atoms with E-state index in [9.17, 15) is 4.79 Å². The van der Waals surface area contributed by atoms with E-state index in [1.165, 1.54) is 12.7 Å². The van der Waals surface area contributed by atoms with Gasteiger partial charge in [0.05, 0.1) is 17.3 Å². The number of nitrogens with two attached hydrogens (primary N) is 1. The second-order valence-corrected chi connectivity index (χ2v) is 9.07. The van der Waals surface area contributed by atoms with Gasteiger partial charge in [-0.15, -0.1) is 0 Å². The SMILES string of the molecule is Cc1cccc2cc(Cn3nc(I)c4c(N)ncnc43)n(C3CCCCC3)c(=O)c12. The van der Waals surface area contributed by atoms with E-state index >= 15 is 0 Å². The highest BCUT2D eigenvalue weighted by Gasteiger charge is 2.22. The van der Waals surface area contributed by atoms with E-state index in [4.69, 9.17) is 5.73 Å². The lowest BCUT2D eigenvalue weighted by Crippen LogP contribution is -2.30. The predicted molar refractivity (Wildman–Crippen MR) is 127 cm³/mol. The van der Waals surface area contributed by atoms with Gasteiger partial charge < -0.3 is 10.3 Å². The van der Waals surface area contributed by atoms with Crippen molar-refractivity contribution in [2.24, 2.45) is 0 Å². The Kier molecular flexibility index (Phi) is 4.96. The van der Waals surface area contributed by atoms with Crippen molar-refractivity contribution in [3.8, 4) is 0 Å². The molecule has 0 aliphatic heterocycles. The van der Waals surface area contributed by atoms with Crippen molar-refractivity contribution < 1.29 is 0 Å². The van der Waals surface area contributed by atoms with E-state index < -0.39 is 0 Å². The summed E-state index contributed by atoms with van der Waals surface area (Å²) in [6.07, 6.45) is 7.10. The zero-order valence-corrected chi connectivity index (χ0v) is 19.0. The van der Waals surface area contributed by atoms with Crippen molar-refractivity contribution in [3.05, 3.63) is 55.9 Å². The van der Waals surface area contributed by atoms with Crippen LogP contribution in [0, 0.1) is 10.6 Å². The molecule has 0 saturated heterocycles. The van der Waals surface area contributed by atoms with Crippen molar-refractivity contribution in [1.29, 1.82) is 0 Å². The van der Waals surface area contributed by atoms with E-state index in [2.05, 4.69) is 43.7 Å². The minimum absolute atomic E-state index is 0.104. The zero-order chi connectivity index (χ0) is 20.8. The Morgan fingerprint density at radius 1 is 1.17 bits per heavy atom. The van der Waals surface area contributed by atoms with E-state index in [1.807, 2.05) is 34.4 Å². The van der Waals surface area contributed by atoms with Gasteiger partial charge in [-0.3, -0.25) is 4.79 Å². The molecule has 7 nitrogen and oxygen atoms in total. The summed E-state index contributed by atoms with van der Waals surface area (Å²) in [6.45, 7) is 2.48. The summed E-state index contributed by atoms with van der Waals surface area (Å²) in [7, 11) is 0. The second kappa shape index (κ2) is 7.64. The van der Waals surface area contributed by atoms with E-state index in [0.717, 1.165) is 56.8 Å². The molecule has 5 rings (SSSR count). The highest BCUT2D eigenvalue weighted by atomic mass is 127. The minimum Gasteiger partial charge on any atom is -0.383 e. The standard InChI is InChI=1S/C22H23IN6O/c1-13-6-5-7-14-10-16(29(22(30)17(13)14)15-8-3-2-4-9-15)11-28-21-18(19(23)27-28)20(24)25-12-26-21/h5-7,10,12,15H,2-4,8-9,11H2,1H3,(H2,24,25,26). The summed E-state index contributed by atoms with van der Waals surface area (Å²) in [5.74, 6) is 0.425. The van der Waals surface area contributed by atoms with Gasteiger partial charge >= 0.3 is 0 Å². The Balaban J connectivity index is 1.72. The number of anilines is 1. The molecule has 0 unspecified atom stereocenters. The molecule has 0 radical (unpaired) electrons. The van der Waals surface area contributed by atoms with Crippen LogP contribution in [0.2, 0.25) is 0 Å². The van der Waals surface area contributed by atoms with Gasteiger partial charge in [0.15, 0.2) is 5.65 Å². The molecule has 1 aliphatic carbocycles. The number of benzene rings is 1.